The minimum atomic E-state index is -0.102. The van der Waals surface area contributed by atoms with Crippen molar-refractivity contribution in [2.24, 2.45) is 11.8 Å². The van der Waals surface area contributed by atoms with Crippen LogP contribution in [0, 0.1) is 11.8 Å². The predicted molar refractivity (Wildman–Crippen MR) is 208 cm³/mol. The lowest BCUT2D eigenvalue weighted by Gasteiger charge is -2.60. The van der Waals surface area contributed by atoms with Crippen LogP contribution in [0.2, 0.25) is 0 Å². The van der Waals surface area contributed by atoms with Gasteiger partial charge in [0.15, 0.2) is 11.5 Å². The fourth-order valence-electron chi connectivity index (χ4n) is 11.1. The molecule has 1 saturated heterocycles. The number of rotatable bonds is 15. The first-order valence-electron chi connectivity index (χ1n) is 20.3. The molecule has 0 radical (unpaired) electrons. The quantitative estimate of drug-likeness (QED) is 0.127. The Hall–Kier alpha value is -3.64. The van der Waals surface area contributed by atoms with Crippen LogP contribution >= 0.6 is 0 Å². The van der Waals surface area contributed by atoms with Crippen LogP contribution in [0.4, 0.5) is 0 Å². The maximum absolute atomic E-state index is 10.3. The zero-order valence-corrected chi connectivity index (χ0v) is 30.9. The van der Waals surface area contributed by atoms with Gasteiger partial charge in [0, 0.05) is 48.0 Å². The normalized spacial score (nSPS) is 28.5. The van der Waals surface area contributed by atoms with Gasteiger partial charge in [0.1, 0.15) is 6.10 Å². The third-order valence-electron chi connectivity index (χ3n) is 13.8. The van der Waals surface area contributed by atoms with Crippen LogP contribution in [0.3, 0.4) is 0 Å². The maximum atomic E-state index is 10.3. The molecule has 0 aromatic heterocycles. The first-order valence-corrected chi connectivity index (χ1v) is 20.3. The summed E-state index contributed by atoms with van der Waals surface area (Å²) >= 11 is 0. The van der Waals surface area contributed by atoms with Gasteiger partial charge in [0.2, 0.25) is 0 Å². The van der Waals surface area contributed by atoms with E-state index >= 15 is 0 Å². The molecule has 2 saturated carbocycles. The topological polar surface area (TPSA) is 45.2 Å². The number of piperidine rings is 1. The van der Waals surface area contributed by atoms with Gasteiger partial charge in [-0.25, -0.2) is 0 Å². The van der Waals surface area contributed by atoms with Crippen LogP contribution in [-0.2, 0) is 18.3 Å². The van der Waals surface area contributed by atoms with Gasteiger partial charge in [-0.3, -0.25) is 9.80 Å². The van der Waals surface area contributed by atoms with Crippen molar-refractivity contribution in [2.75, 3.05) is 33.3 Å². The van der Waals surface area contributed by atoms with E-state index in [4.69, 9.17) is 9.47 Å². The molecule has 5 heteroatoms. The van der Waals surface area contributed by atoms with E-state index in [2.05, 4.69) is 113 Å². The second kappa shape index (κ2) is 14.6. The molecule has 5 aliphatic rings. The van der Waals surface area contributed by atoms with E-state index in [1.54, 1.807) is 7.11 Å². The third kappa shape index (κ3) is 6.27. The smallest absolute Gasteiger partial charge is 0.165 e. The largest absolute Gasteiger partial charge is 0.493 e. The van der Waals surface area contributed by atoms with Crippen molar-refractivity contribution in [3.05, 3.63) is 131 Å². The predicted octanol–water partition coefficient (Wildman–Crippen LogP) is 8.42. The van der Waals surface area contributed by atoms with Crippen LogP contribution in [0.25, 0.3) is 0 Å². The number of ether oxygens (including phenoxy) is 2. The molecule has 3 fully saturated rings. The molecule has 4 aromatic carbocycles. The highest BCUT2D eigenvalue weighted by molar-refractivity contribution is 5.61. The zero-order chi connectivity index (χ0) is 35.1. The van der Waals surface area contributed by atoms with Crippen LogP contribution in [-0.4, -0.2) is 72.5 Å². The lowest BCUT2D eigenvalue weighted by atomic mass is 9.51. The standard InChI is InChI=1S/C47H56N2O3/c1-51-43-25-22-36-29-41-39-23-24-40(46-47(39,44(36)45(43)52-46)26-28-49(41)31-37-30-42(37)50)48(27-14-3-2-7-15-33-16-8-4-9-17-33)32-38(34-18-10-5-11-19-34)35-20-12-6-13-21-35/h4-6,8-13,16-22,25,37-42,46,50H,2-3,7,14-15,23-24,26-32H2,1H3/t37?,39-,40-,41+,42?,46-,47-/m0/s1. The molecule has 4 aromatic rings. The third-order valence-corrected chi connectivity index (χ3v) is 13.8. The number of methoxy groups -OCH3 is 1. The Labute approximate surface area is 311 Å². The first-order chi connectivity index (χ1) is 25.6. The van der Waals surface area contributed by atoms with Crippen molar-refractivity contribution in [3.8, 4) is 11.5 Å². The molecule has 7 atom stereocenters. The van der Waals surface area contributed by atoms with Gasteiger partial charge in [-0.1, -0.05) is 110 Å². The molecular weight excluding hydrogens is 641 g/mol. The van der Waals surface area contributed by atoms with Crippen LogP contribution < -0.4 is 9.47 Å². The van der Waals surface area contributed by atoms with Gasteiger partial charge in [0.25, 0.3) is 0 Å². The molecule has 2 heterocycles. The molecule has 9 rings (SSSR count). The number of hydrogen-bond acceptors (Lipinski definition) is 5. The minimum Gasteiger partial charge on any atom is -0.493 e. The highest BCUT2D eigenvalue weighted by atomic mass is 16.5. The SMILES string of the molecule is COc1ccc2c3c1O[C@H]1[C@@H](N(CCCCCCc4ccccc4)CC(c4ccccc4)c4ccccc4)CC[C@H]4[C@@H](C2)N(CC2CC2O)CC[C@@]341. The Bertz CT molecular complexity index is 1760. The molecular formula is C47H56N2O3. The molecule has 272 valence electrons. The van der Waals surface area contributed by atoms with Gasteiger partial charge in [-0.05, 0) is 98.7 Å². The summed E-state index contributed by atoms with van der Waals surface area (Å²) in [5, 5.41) is 10.3. The van der Waals surface area contributed by atoms with E-state index in [1.165, 1.54) is 59.9 Å². The van der Waals surface area contributed by atoms with E-state index < -0.39 is 0 Å². The van der Waals surface area contributed by atoms with E-state index in [1.807, 2.05) is 0 Å². The van der Waals surface area contributed by atoms with Crippen molar-refractivity contribution in [1.82, 2.24) is 9.80 Å². The number of benzene rings is 4. The average Bonchev–Trinajstić information content (AvgIpc) is 3.78. The maximum Gasteiger partial charge on any atom is 0.165 e. The van der Waals surface area contributed by atoms with E-state index in [-0.39, 0.29) is 23.5 Å². The van der Waals surface area contributed by atoms with Gasteiger partial charge in [0.05, 0.1) is 13.2 Å². The van der Waals surface area contributed by atoms with Crippen molar-refractivity contribution >= 4 is 0 Å². The van der Waals surface area contributed by atoms with Crippen molar-refractivity contribution in [2.45, 2.75) is 99.8 Å². The minimum absolute atomic E-state index is 0.00658. The lowest BCUT2D eigenvalue weighted by molar-refractivity contribution is -0.0904. The molecule has 1 spiro atoms. The summed E-state index contributed by atoms with van der Waals surface area (Å²) in [6.45, 7) is 4.20. The molecule has 0 amide bonds. The van der Waals surface area contributed by atoms with Gasteiger partial charge < -0.3 is 14.6 Å². The van der Waals surface area contributed by atoms with Crippen molar-refractivity contribution in [1.29, 1.82) is 0 Å². The number of aliphatic hydroxyl groups excluding tert-OH is 1. The molecule has 1 N–H and O–H groups in total. The van der Waals surface area contributed by atoms with Crippen LogP contribution in [0.1, 0.15) is 85.1 Å². The summed E-state index contributed by atoms with van der Waals surface area (Å²) in [6, 6.07) is 38.7. The average molecular weight is 697 g/mol. The van der Waals surface area contributed by atoms with Crippen LogP contribution in [0.15, 0.2) is 103 Å². The molecule has 3 aliphatic carbocycles. The fourth-order valence-corrected chi connectivity index (χ4v) is 11.1. The van der Waals surface area contributed by atoms with Gasteiger partial charge >= 0.3 is 0 Å². The molecule has 2 unspecified atom stereocenters. The molecule has 2 aliphatic heterocycles. The Balaban J connectivity index is 1.03. The first kappa shape index (κ1) is 34.1. The highest BCUT2D eigenvalue weighted by Gasteiger charge is 2.66. The summed E-state index contributed by atoms with van der Waals surface area (Å²) in [4.78, 5) is 5.65. The van der Waals surface area contributed by atoms with Gasteiger partial charge in [-0.15, -0.1) is 0 Å². The van der Waals surface area contributed by atoms with E-state index in [0.29, 0.717) is 23.9 Å². The van der Waals surface area contributed by atoms with E-state index in [0.717, 1.165) is 69.8 Å². The Morgan fingerprint density at radius 1 is 0.865 bits per heavy atom. The second-order valence-corrected chi connectivity index (χ2v) is 16.6. The lowest BCUT2D eigenvalue weighted by Crippen LogP contribution is -2.69. The number of aryl methyl sites for hydroxylation is 1. The second-order valence-electron chi connectivity index (χ2n) is 16.6. The van der Waals surface area contributed by atoms with Crippen molar-refractivity contribution < 1.29 is 14.6 Å². The number of hydrogen-bond donors (Lipinski definition) is 1. The number of nitrogens with zero attached hydrogens (tertiary/aromatic N) is 2. The van der Waals surface area contributed by atoms with Crippen molar-refractivity contribution in [3.63, 3.8) is 0 Å². The Kier molecular flexibility index (Phi) is 9.62. The van der Waals surface area contributed by atoms with Gasteiger partial charge in [-0.2, -0.15) is 0 Å². The zero-order valence-electron chi connectivity index (χ0n) is 30.9. The number of likely N-dealkylation sites (tertiary alicyclic amines) is 1. The molecule has 52 heavy (non-hydrogen) atoms. The fraction of sp³-hybridized carbons (Fsp3) is 0.489. The summed E-state index contributed by atoms with van der Waals surface area (Å²) < 4.78 is 13.4. The van der Waals surface area contributed by atoms with Crippen LogP contribution in [0.5, 0.6) is 11.5 Å². The summed E-state index contributed by atoms with van der Waals surface area (Å²) in [6.07, 6.45) is 11.7. The molecule has 5 nitrogen and oxygen atoms in total. The summed E-state index contributed by atoms with van der Waals surface area (Å²) in [7, 11) is 1.81. The summed E-state index contributed by atoms with van der Waals surface area (Å²) in [5.41, 5.74) is 7.19. The number of unbranched alkanes of at least 4 members (excludes halogenated alkanes) is 3. The van der Waals surface area contributed by atoms with E-state index in [9.17, 15) is 5.11 Å². The highest BCUT2D eigenvalue weighted by Crippen LogP contribution is 2.64. The Morgan fingerprint density at radius 3 is 2.25 bits per heavy atom. The monoisotopic (exact) mass is 696 g/mol. The Morgan fingerprint density at radius 2 is 1.56 bits per heavy atom. The summed E-state index contributed by atoms with van der Waals surface area (Å²) in [5.74, 6) is 3.24. The molecule has 2 bridgehead atoms. The number of aliphatic hydroxyl groups is 1.